The van der Waals surface area contributed by atoms with Gasteiger partial charge in [-0.3, -0.25) is 4.79 Å². The predicted octanol–water partition coefficient (Wildman–Crippen LogP) is 4.02. The number of nitrogens with one attached hydrogen (secondary N) is 1. The number of carboxylic acid groups (broad SMARTS) is 1. The second kappa shape index (κ2) is 15.0. The minimum Gasteiger partial charge on any atom is -0.493 e. The molecule has 2 rings (SSSR count). The maximum atomic E-state index is 10.3. The molecule has 0 unspecified atom stereocenters. The largest absolute Gasteiger partial charge is 0.493 e. The highest BCUT2D eigenvalue weighted by Crippen LogP contribution is 2.28. The number of aryl methyl sites for hydroxylation is 1. The molecule has 0 heterocycles. The molecule has 33 heavy (non-hydrogen) atoms. The molecule has 0 spiro atoms. The van der Waals surface area contributed by atoms with Crippen molar-refractivity contribution in [2.75, 3.05) is 19.8 Å². The molecule has 0 aliphatic rings. The number of nitrogens with two attached hydrogens (primary N) is 2. The van der Waals surface area contributed by atoms with E-state index in [9.17, 15) is 4.79 Å². The number of ether oxygens (including phenoxy) is 1. The van der Waals surface area contributed by atoms with E-state index < -0.39 is 5.97 Å². The fourth-order valence-corrected chi connectivity index (χ4v) is 3.06. The number of benzene rings is 2. The summed E-state index contributed by atoms with van der Waals surface area (Å²) in [5, 5.41) is 11.9. The summed E-state index contributed by atoms with van der Waals surface area (Å²) < 4.78 is 8.27. The second-order valence-corrected chi connectivity index (χ2v) is 8.91. The third kappa shape index (κ3) is 12.6. The number of guanidine groups is 1. The van der Waals surface area contributed by atoms with Gasteiger partial charge in [-0.05, 0) is 65.7 Å². The lowest BCUT2D eigenvalue weighted by Gasteiger charge is -2.23. The SMILES string of the molecule is CCC(C)(C)c1ccc(SNCC(=O)O)cc1.Cc1ccc(OCCCON=C(N)N)cc1. The highest BCUT2D eigenvalue weighted by molar-refractivity contribution is 7.97. The van der Waals surface area contributed by atoms with Crippen LogP contribution >= 0.6 is 11.9 Å². The number of oxime groups is 1. The van der Waals surface area contributed by atoms with E-state index >= 15 is 0 Å². The lowest BCUT2D eigenvalue weighted by molar-refractivity contribution is -0.135. The quantitative estimate of drug-likeness (QED) is 0.119. The molecule has 8 nitrogen and oxygen atoms in total. The van der Waals surface area contributed by atoms with E-state index in [4.69, 9.17) is 26.1 Å². The first-order valence-corrected chi connectivity index (χ1v) is 11.6. The van der Waals surface area contributed by atoms with Gasteiger partial charge in [0.1, 0.15) is 18.9 Å². The molecule has 0 saturated heterocycles. The van der Waals surface area contributed by atoms with E-state index in [2.05, 4.69) is 42.8 Å². The first-order chi connectivity index (χ1) is 15.6. The molecule has 0 aliphatic carbocycles. The zero-order valence-electron chi connectivity index (χ0n) is 19.8. The molecule has 6 N–H and O–H groups in total. The number of hydrogen-bond donors (Lipinski definition) is 4. The van der Waals surface area contributed by atoms with Crippen LogP contribution in [0.1, 0.15) is 44.7 Å². The summed E-state index contributed by atoms with van der Waals surface area (Å²) in [6.07, 6.45) is 1.82. The van der Waals surface area contributed by atoms with Crippen LogP contribution in [0.25, 0.3) is 0 Å². The molecule has 0 amide bonds. The summed E-state index contributed by atoms with van der Waals surface area (Å²) in [5.41, 5.74) is 12.9. The maximum absolute atomic E-state index is 10.3. The molecular formula is C24H36N4O4S. The van der Waals surface area contributed by atoms with Gasteiger partial charge < -0.3 is 26.1 Å². The van der Waals surface area contributed by atoms with E-state index in [0.29, 0.717) is 13.2 Å². The van der Waals surface area contributed by atoms with Crippen molar-refractivity contribution >= 4 is 23.9 Å². The normalized spacial score (nSPS) is 10.5. The molecule has 0 bridgehead atoms. The minimum atomic E-state index is -0.846. The van der Waals surface area contributed by atoms with E-state index in [1.807, 2.05) is 43.3 Å². The summed E-state index contributed by atoms with van der Waals surface area (Å²) in [7, 11) is 0. The van der Waals surface area contributed by atoms with Gasteiger partial charge in [0, 0.05) is 11.3 Å². The van der Waals surface area contributed by atoms with Crippen LogP contribution in [0.3, 0.4) is 0 Å². The molecular weight excluding hydrogens is 440 g/mol. The van der Waals surface area contributed by atoms with Gasteiger partial charge in [0.25, 0.3) is 0 Å². The Morgan fingerprint density at radius 1 is 1.09 bits per heavy atom. The summed E-state index contributed by atoms with van der Waals surface area (Å²) in [6, 6.07) is 16.1. The van der Waals surface area contributed by atoms with E-state index in [1.54, 1.807) is 0 Å². The second-order valence-electron chi connectivity index (χ2n) is 7.94. The highest BCUT2D eigenvalue weighted by atomic mass is 32.2. The van der Waals surface area contributed by atoms with Crippen LogP contribution in [0.2, 0.25) is 0 Å². The number of carboxylic acids is 1. The van der Waals surface area contributed by atoms with Crippen LogP contribution in [0.15, 0.2) is 58.6 Å². The number of hydrogen-bond acceptors (Lipinski definition) is 6. The van der Waals surface area contributed by atoms with Crippen molar-refractivity contribution in [1.82, 2.24) is 4.72 Å². The number of aliphatic carboxylic acids is 1. The standard InChI is InChI=1S/C13H19NO2S.C11H17N3O2/c1-4-13(2,3)10-5-7-11(8-6-10)17-14-9-12(15)16;1-9-3-5-10(6-4-9)15-7-2-8-16-14-11(12)13/h5-8,14H,4,9H2,1-3H3,(H,15,16);3-6H,2,7-8H2,1H3,(H4,12,13,14). The number of nitrogens with zero attached hydrogens (tertiary/aromatic N) is 1. The molecule has 2 aromatic rings. The van der Waals surface area contributed by atoms with Gasteiger partial charge in [-0.25, -0.2) is 4.72 Å². The molecule has 0 aliphatic heterocycles. The number of rotatable bonds is 12. The van der Waals surface area contributed by atoms with Crippen LogP contribution in [0.4, 0.5) is 0 Å². The molecule has 0 atom stereocenters. The molecule has 182 valence electrons. The van der Waals surface area contributed by atoms with Crippen LogP contribution in [0, 0.1) is 6.92 Å². The Balaban J connectivity index is 0.000000331. The fraction of sp³-hybridized carbons (Fsp3) is 0.417. The van der Waals surface area contributed by atoms with Crippen molar-refractivity contribution in [3.63, 3.8) is 0 Å². The summed E-state index contributed by atoms with van der Waals surface area (Å²) in [6.45, 7) is 9.62. The Morgan fingerprint density at radius 2 is 1.73 bits per heavy atom. The average Bonchev–Trinajstić information content (AvgIpc) is 2.78. The van der Waals surface area contributed by atoms with Gasteiger partial charge in [0.15, 0.2) is 0 Å². The Hall–Kier alpha value is -2.91. The van der Waals surface area contributed by atoms with Crippen molar-refractivity contribution in [2.24, 2.45) is 16.6 Å². The lowest BCUT2D eigenvalue weighted by atomic mass is 9.82. The average molecular weight is 477 g/mol. The summed E-state index contributed by atoms with van der Waals surface area (Å²) in [4.78, 5) is 16.2. The van der Waals surface area contributed by atoms with Crippen molar-refractivity contribution in [3.8, 4) is 5.75 Å². The van der Waals surface area contributed by atoms with Crippen molar-refractivity contribution in [2.45, 2.75) is 50.8 Å². The van der Waals surface area contributed by atoms with Gasteiger partial charge in [0.2, 0.25) is 5.96 Å². The van der Waals surface area contributed by atoms with Crippen LogP contribution in [0.5, 0.6) is 5.75 Å². The summed E-state index contributed by atoms with van der Waals surface area (Å²) >= 11 is 1.34. The van der Waals surface area contributed by atoms with Crippen molar-refractivity contribution in [3.05, 3.63) is 59.7 Å². The highest BCUT2D eigenvalue weighted by Gasteiger charge is 2.17. The van der Waals surface area contributed by atoms with Gasteiger partial charge in [-0.1, -0.05) is 50.6 Å². The lowest BCUT2D eigenvalue weighted by Crippen LogP contribution is -2.23. The van der Waals surface area contributed by atoms with E-state index in [0.717, 1.165) is 23.5 Å². The first-order valence-electron chi connectivity index (χ1n) is 10.8. The Kier molecular flexibility index (Phi) is 12.8. The Morgan fingerprint density at radius 3 is 2.27 bits per heavy atom. The van der Waals surface area contributed by atoms with Crippen molar-refractivity contribution in [1.29, 1.82) is 0 Å². The van der Waals surface area contributed by atoms with Crippen LogP contribution < -0.4 is 20.9 Å². The molecule has 0 aromatic heterocycles. The van der Waals surface area contributed by atoms with Gasteiger partial charge >= 0.3 is 5.97 Å². The van der Waals surface area contributed by atoms with Gasteiger partial charge in [-0.15, -0.1) is 0 Å². The monoisotopic (exact) mass is 476 g/mol. The predicted molar refractivity (Wildman–Crippen MR) is 134 cm³/mol. The minimum absolute atomic E-state index is 0.0349. The van der Waals surface area contributed by atoms with Crippen LogP contribution in [-0.2, 0) is 15.0 Å². The number of carbonyl (C=O) groups is 1. The van der Waals surface area contributed by atoms with Crippen molar-refractivity contribution < 1.29 is 19.5 Å². The zero-order chi connectivity index (χ0) is 24.7. The zero-order valence-corrected chi connectivity index (χ0v) is 20.7. The first kappa shape index (κ1) is 28.1. The molecule has 2 aromatic carbocycles. The topological polar surface area (TPSA) is 132 Å². The van der Waals surface area contributed by atoms with Gasteiger partial charge in [0.05, 0.1) is 6.61 Å². The molecule has 0 saturated carbocycles. The van der Waals surface area contributed by atoms with E-state index in [-0.39, 0.29) is 17.9 Å². The fourth-order valence-electron chi connectivity index (χ4n) is 2.43. The Labute approximate surface area is 200 Å². The van der Waals surface area contributed by atoms with Gasteiger partial charge in [-0.2, -0.15) is 0 Å². The maximum Gasteiger partial charge on any atom is 0.318 e. The summed E-state index contributed by atoms with van der Waals surface area (Å²) in [5.74, 6) is -0.0619. The third-order valence-corrected chi connectivity index (χ3v) is 5.57. The smallest absolute Gasteiger partial charge is 0.318 e. The third-order valence-electron chi connectivity index (χ3n) is 4.77. The molecule has 0 radical (unpaired) electrons. The van der Waals surface area contributed by atoms with Crippen LogP contribution in [-0.4, -0.2) is 36.8 Å². The van der Waals surface area contributed by atoms with E-state index in [1.165, 1.54) is 23.1 Å². The molecule has 0 fully saturated rings. The Bertz CT molecular complexity index is 852. The molecule has 9 heteroatoms.